The van der Waals surface area contributed by atoms with Crippen LogP contribution in [0.3, 0.4) is 0 Å². The number of nitrogens with one attached hydrogen (secondary N) is 1. The number of sulfonamides is 1. The van der Waals surface area contributed by atoms with E-state index in [1.54, 1.807) is 12.3 Å². The Hall–Kier alpha value is -0.500. The van der Waals surface area contributed by atoms with E-state index in [9.17, 15) is 8.42 Å². The second-order valence-corrected chi connectivity index (χ2v) is 7.30. The Morgan fingerprint density at radius 2 is 2.32 bits per heavy atom. The first-order valence-corrected chi connectivity index (χ1v) is 8.65. The quantitative estimate of drug-likeness (QED) is 0.878. The monoisotopic (exact) mass is 347 g/mol. The zero-order valence-electron chi connectivity index (χ0n) is 10.8. The highest BCUT2D eigenvalue weighted by molar-refractivity contribution is 9.10. The van der Waals surface area contributed by atoms with Gasteiger partial charge in [0.1, 0.15) is 4.90 Å². The molecule has 0 aromatic carbocycles. The van der Waals surface area contributed by atoms with Gasteiger partial charge in [-0.05, 0) is 47.9 Å². The Kier molecular flexibility index (Phi) is 4.94. The summed E-state index contributed by atoms with van der Waals surface area (Å²) in [5.74, 6) is 0. The highest BCUT2D eigenvalue weighted by atomic mass is 79.9. The van der Waals surface area contributed by atoms with Crippen molar-refractivity contribution in [1.82, 2.24) is 14.6 Å². The highest BCUT2D eigenvalue weighted by Crippen LogP contribution is 2.17. The lowest BCUT2D eigenvalue weighted by molar-refractivity contribution is 0.268. The molecule has 7 heteroatoms. The Morgan fingerprint density at radius 3 is 3.00 bits per heavy atom. The van der Waals surface area contributed by atoms with E-state index >= 15 is 0 Å². The molecule has 1 aromatic heterocycles. The van der Waals surface area contributed by atoms with Crippen molar-refractivity contribution in [2.24, 2.45) is 0 Å². The number of rotatable bonds is 5. The molecule has 0 aliphatic carbocycles. The Balaban J connectivity index is 2.02. The summed E-state index contributed by atoms with van der Waals surface area (Å²) in [4.78, 5) is 6.39. The van der Waals surface area contributed by atoms with Gasteiger partial charge >= 0.3 is 0 Å². The van der Waals surface area contributed by atoms with E-state index in [2.05, 4.69) is 37.5 Å². The summed E-state index contributed by atoms with van der Waals surface area (Å²) in [6.45, 7) is 4.58. The number of hydrogen-bond acceptors (Lipinski definition) is 4. The molecule has 0 bridgehead atoms. The van der Waals surface area contributed by atoms with E-state index in [-0.39, 0.29) is 4.90 Å². The summed E-state index contributed by atoms with van der Waals surface area (Å²) < 4.78 is 27.6. The highest BCUT2D eigenvalue weighted by Gasteiger charge is 2.25. The molecule has 0 radical (unpaired) electrons. The van der Waals surface area contributed by atoms with Crippen molar-refractivity contribution in [3.63, 3.8) is 0 Å². The molecular weight excluding hydrogens is 330 g/mol. The zero-order chi connectivity index (χ0) is 13.9. The van der Waals surface area contributed by atoms with E-state index < -0.39 is 10.0 Å². The Bertz CT molecular complexity index is 536. The minimum absolute atomic E-state index is 0.197. The van der Waals surface area contributed by atoms with Crippen molar-refractivity contribution in [3.8, 4) is 0 Å². The molecule has 5 nitrogen and oxygen atoms in total. The fourth-order valence-corrected chi connectivity index (χ4v) is 3.95. The number of likely N-dealkylation sites (N-methyl/N-ethyl adjacent to an activating group) is 1. The van der Waals surface area contributed by atoms with Gasteiger partial charge in [0.05, 0.1) is 0 Å². The van der Waals surface area contributed by atoms with Gasteiger partial charge in [0.25, 0.3) is 0 Å². The van der Waals surface area contributed by atoms with E-state index in [0.29, 0.717) is 17.1 Å². The van der Waals surface area contributed by atoms with Crippen LogP contribution in [0.25, 0.3) is 0 Å². The average Bonchev–Trinajstić information content (AvgIpc) is 2.84. The largest absolute Gasteiger partial charge is 0.299 e. The normalized spacial score (nSPS) is 20.8. The maximum absolute atomic E-state index is 12.1. The summed E-state index contributed by atoms with van der Waals surface area (Å²) in [5, 5.41) is 0. The summed E-state index contributed by atoms with van der Waals surface area (Å²) in [7, 11) is -3.47. The van der Waals surface area contributed by atoms with Crippen LogP contribution in [0, 0.1) is 0 Å². The lowest BCUT2D eigenvalue weighted by Crippen LogP contribution is -2.40. The second kappa shape index (κ2) is 6.30. The molecule has 0 saturated carbocycles. The first-order valence-electron chi connectivity index (χ1n) is 6.37. The lowest BCUT2D eigenvalue weighted by Gasteiger charge is -2.22. The van der Waals surface area contributed by atoms with Crippen molar-refractivity contribution in [2.45, 2.75) is 30.7 Å². The lowest BCUT2D eigenvalue weighted by atomic mass is 10.2. The molecule has 1 saturated heterocycles. The van der Waals surface area contributed by atoms with E-state index in [4.69, 9.17) is 0 Å². The van der Waals surface area contributed by atoms with Crippen LogP contribution < -0.4 is 4.72 Å². The third-order valence-corrected chi connectivity index (χ3v) is 5.23. The second-order valence-electron chi connectivity index (χ2n) is 4.62. The fourth-order valence-electron chi connectivity index (χ4n) is 2.37. The molecule has 1 aliphatic heterocycles. The van der Waals surface area contributed by atoms with Crippen molar-refractivity contribution in [1.29, 1.82) is 0 Å². The maximum Gasteiger partial charge on any atom is 0.242 e. The van der Waals surface area contributed by atoms with Crippen molar-refractivity contribution >= 4 is 26.0 Å². The zero-order valence-corrected chi connectivity index (χ0v) is 13.2. The van der Waals surface area contributed by atoms with Crippen LogP contribution in [0.5, 0.6) is 0 Å². The molecular formula is C12H18BrN3O2S. The maximum atomic E-state index is 12.1. The van der Waals surface area contributed by atoms with Gasteiger partial charge in [-0.3, -0.25) is 9.88 Å². The van der Waals surface area contributed by atoms with Crippen LogP contribution in [0.4, 0.5) is 0 Å². The van der Waals surface area contributed by atoms with Crippen LogP contribution in [-0.2, 0) is 10.0 Å². The van der Waals surface area contributed by atoms with Gasteiger partial charge in [-0.15, -0.1) is 0 Å². The molecule has 1 aliphatic rings. The van der Waals surface area contributed by atoms with Gasteiger partial charge in [0.15, 0.2) is 0 Å². The van der Waals surface area contributed by atoms with Crippen LogP contribution in [0.15, 0.2) is 27.8 Å². The van der Waals surface area contributed by atoms with Crippen LogP contribution in [0.1, 0.15) is 19.8 Å². The fraction of sp³-hybridized carbons (Fsp3) is 0.583. The number of halogens is 1. The van der Waals surface area contributed by atoms with Gasteiger partial charge in [0.2, 0.25) is 10.0 Å². The van der Waals surface area contributed by atoms with Gasteiger partial charge < -0.3 is 0 Å². The first-order chi connectivity index (χ1) is 9.03. The van der Waals surface area contributed by atoms with Crippen LogP contribution in [0.2, 0.25) is 0 Å². The predicted octanol–water partition coefficient (Wildman–Crippen LogP) is 1.61. The molecule has 1 N–H and O–H groups in total. The molecule has 0 amide bonds. The van der Waals surface area contributed by atoms with Crippen molar-refractivity contribution in [2.75, 3.05) is 19.6 Å². The van der Waals surface area contributed by atoms with E-state index in [1.165, 1.54) is 6.20 Å². The molecule has 19 heavy (non-hydrogen) atoms. The molecule has 1 atom stereocenters. The molecule has 2 heterocycles. The smallest absolute Gasteiger partial charge is 0.242 e. The summed E-state index contributed by atoms with van der Waals surface area (Å²) in [6.07, 6.45) is 5.11. The van der Waals surface area contributed by atoms with Gasteiger partial charge in [-0.25, -0.2) is 13.1 Å². The van der Waals surface area contributed by atoms with Gasteiger partial charge in [0, 0.05) is 29.5 Å². The minimum atomic E-state index is -3.47. The number of nitrogens with zero attached hydrogens (tertiary/aromatic N) is 2. The van der Waals surface area contributed by atoms with Gasteiger partial charge in [-0.2, -0.15) is 0 Å². The standard InChI is InChI=1S/C12H18BrN3O2S/c1-2-16-5-3-4-11(16)8-15-19(17,18)12-6-10(13)7-14-9-12/h6-7,9,11,15H,2-5,8H2,1H3. The number of likely N-dealkylation sites (tertiary alicyclic amines) is 1. The molecule has 1 fully saturated rings. The third kappa shape index (κ3) is 3.75. The van der Waals surface area contributed by atoms with E-state index in [1.807, 2.05) is 0 Å². The molecule has 2 rings (SSSR count). The average molecular weight is 348 g/mol. The Morgan fingerprint density at radius 1 is 1.53 bits per heavy atom. The topological polar surface area (TPSA) is 62.3 Å². The number of hydrogen-bond donors (Lipinski definition) is 1. The molecule has 1 aromatic rings. The number of aromatic nitrogens is 1. The summed E-state index contributed by atoms with van der Waals surface area (Å²) in [5.41, 5.74) is 0. The van der Waals surface area contributed by atoms with E-state index in [0.717, 1.165) is 25.9 Å². The van der Waals surface area contributed by atoms with Gasteiger partial charge in [-0.1, -0.05) is 6.92 Å². The van der Waals surface area contributed by atoms with Crippen LogP contribution >= 0.6 is 15.9 Å². The molecule has 106 valence electrons. The Labute approximate surface area is 122 Å². The molecule has 0 spiro atoms. The predicted molar refractivity (Wildman–Crippen MR) is 77.4 cm³/mol. The minimum Gasteiger partial charge on any atom is -0.299 e. The van der Waals surface area contributed by atoms with Crippen LogP contribution in [-0.4, -0.2) is 44.0 Å². The first kappa shape index (κ1) is 14.9. The van der Waals surface area contributed by atoms with Crippen molar-refractivity contribution in [3.05, 3.63) is 22.9 Å². The molecule has 1 unspecified atom stereocenters. The third-order valence-electron chi connectivity index (χ3n) is 3.40. The SMILES string of the molecule is CCN1CCCC1CNS(=O)(=O)c1cncc(Br)c1. The number of pyridine rings is 1. The summed E-state index contributed by atoms with van der Waals surface area (Å²) >= 11 is 3.23. The van der Waals surface area contributed by atoms with Crippen molar-refractivity contribution < 1.29 is 8.42 Å². The summed E-state index contributed by atoms with van der Waals surface area (Å²) in [6, 6.07) is 1.86.